The van der Waals surface area contributed by atoms with Crippen LogP contribution in [0, 0.1) is 5.21 Å². The number of nitrogens with one attached hydrogen (secondary N) is 1. The minimum absolute atomic E-state index is 0.316. The van der Waals surface area contributed by atoms with Crippen molar-refractivity contribution < 1.29 is 23.8 Å². The number of fused-ring (bicyclic) bond motifs is 3. The first kappa shape index (κ1) is 26.9. The molecule has 0 bridgehead atoms. The van der Waals surface area contributed by atoms with Crippen molar-refractivity contribution in [3.8, 4) is 0 Å². The first-order valence-corrected chi connectivity index (χ1v) is 12.8. The number of rotatable bonds is 8. The smallest absolute Gasteiger partial charge is 0.407 e. The average molecular weight is 519 g/mol. The Balaban J connectivity index is 1.67. The van der Waals surface area contributed by atoms with Crippen LogP contribution in [-0.4, -0.2) is 34.3 Å². The monoisotopic (exact) mass is 518 g/mol. The summed E-state index contributed by atoms with van der Waals surface area (Å²) in [5.41, 5.74) is 3.63. The maximum absolute atomic E-state index is 12.8. The van der Waals surface area contributed by atoms with Gasteiger partial charge in [0.2, 0.25) is 11.7 Å². The van der Waals surface area contributed by atoms with Crippen molar-refractivity contribution in [1.29, 1.82) is 0 Å². The number of alkyl carbamates (subject to hydrolysis) is 1. The normalized spacial score (nSPS) is 11.6. The summed E-state index contributed by atoms with van der Waals surface area (Å²) in [4.78, 5) is 28.8. The summed E-state index contributed by atoms with van der Waals surface area (Å²) < 4.78 is 13.0. The maximum atomic E-state index is 12.8. The van der Waals surface area contributed by atoms with Gasteiger partial charge in [0.15, 0.2) is 5.52 Å². The van der Waals surface area contributed by atoms with Crippen LogP contribution in [0.25, 0.3) is 21.9 Å². The molecule has 9 heteroatoms. The number of esters is 1. The average Bonchev–Trinajstić information content (AvgIpc) is 3.22. The number of unbranched alkanes of at least 4 members (excludes halogenated alkanes) is 1. The summed E-state index contributed by atoms with van der Waals surface area (Å²) >= 11 is 0. The summed E-state index contributed by atoms with van der Waals surface area (Å²) in [6.07, 6.45) is 3.79. The highest BCUT2D eigenvalue weighted by Crippen LogP contribution is 2.27. The molecule has 4 rings (SSSR count). The van der Waals surface area contributed by atoms with Crippen molar-refractivity contribution in [2.24, 2.45) is 0 Å². The van der Waals surface area contributed by atoms with Gasteiger partial charge in [-0.15, -0.1) is 0 Å². The zero-order valence-electron chi connectivity index (χ0n) is 22.5. The Hall–Kier alpha value is -4.14. The molecule has 0 atom stereocenters. The molecule has 38 heavy (non-hydrogen) atoms. The molecule has 0 radical (unpaired) electrons. The standard InChI is InChI=1S/C29H34N4O5/c1-6-7-8-25-31-23-18-33(36)24-15-21(27(34)37-5)13-14-22(24)26(23)32(25)17-20-11-9-19(10-12-20)16-30-28(35)38-29(2,3)4/h9-15,18H,6-8,16-17H2,1-5H3,(H,30,35). The molecule has 0 aliphatic rings. The Labute approximate surface area is 222 Å². The van der Waals surface area contributed by atoms with Crippen LogP contribution in [0.2, 0.25) is 0 Å². The number of imidazole rings is 1. The van der Waals surface area contributed by atoms with E-state index in [0.29, 0.717) is 29.7 Å². The molecule has 0 unspecified atom stereocenters. The molecule has 0 fully saturated rings. The second kappa shape index (κ2) is 11.1. The third-order valence-electron chi connectivity index (χ3n) is 6.18. The number of aromatic nitrogens is 3. The molecule has 0 saturated carbocycles. The molecule has 200 valence electrons. The van der Waals surface area contributed by atoms with Crippen molar-refractivity contribution >= 4 is 34.0 Å². The summed E-state index contributed by atoms with van der Waals surface area (Å²) in [5, 5.41) is 16.3. The Kier molecular flexibility index (Phi) is 7.85. The van der Waals surface area contributed by atoms with Crippen LogP contribution in [0.1, 0.15) is 67.8 Å². The molecule has 0 aliphatic carbocycles. The van der Waals surface area contributed by atoms with E-state index in [-0.39, 0.29) is 0 Å². The van der Waals surface area contributed by atoms with Gasteiger partial charge in [-0.1, -0.05) is 37.6 Å². The minimum Gasteiger partial charge on any atom is -0.618 e. The third-order valence-corrected chi connectivity index (χ3v) is 6.18. The maximum Gasteiger partial charge on any atom is 0.407 e. The SMILES string of the molecule is CCCCc1nc2c[n+]([O-])c3cc(C(=O)OC)ccc3c2n1Cc1ccc(CNC(=O)OC(C)(C)C)cc1. The van der Waals surface area contributed by atoms with Gasteiger partial charge in [-0.2, -0.15) is 4.73 Å². The van der Waals surface area contributed by atoms with Gasteiger partial charge in [-0.3, -0.25) is 0 Å². The predicted molar refractivity (Wildman–Crippen MR) is 145 cm³/mol. The predicted octanol–water partition coefficient (Wildman–Crippen LogP) is 5.03. The van der Waals surface area contributed by atoms with E-state index in [4.69, 9.17) is 14.5 Å². The number of ether oxygens (including phenoxy) is 2. The van der Waals surface area contributed by atoms with Gasteiger partial charge < -0.3 is 24.6 Å². The van der Waals surface area contributed by atoms with Crippen molar-refractivity contribution in [3.63, 3.8) is 0 Å². The van der Waals surface area contributed by atoms with Crippen LogP contribution in [0.15, 0.2) is 48.7 Å². The lowest BCUT2D eigenvalue weighted by molar-refractivity contribution is -0.575. The Morgan fingerprint density at radius 1 is 1.11 bits per heavy atom. The Morgan fingerprint density at radius 2 is 1.82 bits per heavy atom. The van der Waals surface area contributed by atoms with E-state index >= 15 is 0 Å². The van der Waals surface area contributed by atoms with Crippen molar-refractivity contribution in [2.45, 2.75) is 65.6 Å². The number of hydrogen-bond acceptors (Lipinski definition) is 6. The molecular formula is C29H34N4O5. The molecule has 0 aliphatic heterocycles. The number of carbonyl (C=O) groups excluding carboxylic acids is 2. The molecule has 2 aromatic heterocycles. The van der Waals surface area contributed by atoms with E-state index in [1.54, 1.807) is 18.2 Å². The lowest BCUT2D eigenvalue weighted by atomic mass is 10.1. The molecule has 1 amide bonds. The second-order valence-electron chi connectivity index (χ2n) is 10.3. The van der Waals surface area contributed by atoms with Crippen LogP contribution in [0.3, 0.4) is 0 Å². The zero-order valence-corrected chi connectivity index (χ0v) is 22.5. The zero-order chi connectivity index (χ0) is 27.4. The van der Waals surface area contributed by atoms with Gasteiger partial charge in [0.1, 0.15) is 11.4 Å². The Bertz CT molecular complexity index is 1470. The van der Waals surface area contributed by atoms with E-state index in [0.717, 1.165) is 51.8 Å². The van der Waals surface area contributed by atoms with Crippen LogP contribution in [-0.2, 0) is 29.0 Å². The number of carbonyl (C=O) groups is 2. The van der Waals surface area contributed by atoms with E-state index in [1.807, 2.05) is 45.0 Å². The summed E-state index contributed by atoms with van der Waals surface area (Å²) in [6, 6.07) is 13.0. The second-order valence-corrected chi connectivity index (χ2v) is 10.3. The first-order valence-electron chi connectivity index (χ1n) is 12.8. The van der Waals surface area contributed by atoms with E-state index in [9.17, 15) is 14.8 Å². The highest BCUT2D eigenvalue weighted by molar-refractivity contribution is 6.03. The number of aryl methyl sites for hydroxylation is 1. The quantitative estimate of drug-likeness (QED) is 0.199. The lowest BCUT2D eigenvalue weighted by Gasteiger charge is -2.19. The number of hydrogen-bond donors (Lipinski definition) is 1. The van der Waals surface area contributed by atoms with Gasteiger partial charge in [0.25, 0.3) is 0 Å². The van der Waals surface area contributed by atoms with Crippen LogP contribution in [0.5, 0.6) is 0 Å². The van der Waals surface area contributed by atoms with Gasteiger partial charge in [-0.05, 0) is 50.5 Å². The number of nitrogens with zero attached hydrogens (tertiary/aromatic N) is 3. The van der Waals surface area contributed by atoms with Crippen LogP contribution in [0.4, 0.5) is 4.79 Å². The van der Waals surface area contributed by atoms with Gasteiger partial charge in [0, 0.05) is 25.6 Å². The molecular weight excluding hydrogens is 484 g/mol. The van der Waals surface area contributed by atoms with Crippen LogP contribution < -0.4 is 10.0 Å². The lowest BCUT2D eigenvalue weighted by Crippen LogP contribution is -2.32. The fourth-order valence-corrected chi connectivity index (χ4v) is 4.36. The number of amides is 1. The summed E-state index contributed by atoms with van der Waals surface area (Å²) in [6.45, 7) is 8.54. The fraction of sp³-hybridized carbons (Fsp3) is 0.379. The molecule has 4 aromatic rings. The van der Waals surface area contributed by atoms with E-state index in [1.165, 1.54) is 13.3 Å². The van der Waals surface area contributed by atoms with Crippen molar-refractivity contribution in [3.05, 3.63) is 76.4 Å². The summed E-state index contributed by atoms with van der Waals surface area (Å²) in [7, 11) is 1.31. The number of methoxy groups -OCH3 is 1. The molecule has 0 spiro atoms. The highest BCUT2D eigenvalue weighted by atomic mass is 16.6. The van der Waals surface area contributed by atoms with Gasteiger partial charge in [-0.25, -0.2) is 14.6 Å². The van der Waals surface area contributed by atoms with Crippen molar-refractivity contribution in [2.75, 3.05) is 7.11 Å². The number of pyridine rings is 1. The Morgan fingerprint density at radius 3 is 2.47 bits per heavy atom. The van der Waals surface area contributed by atoms with Gasteiger partial charge >= 0.3 is 12.1 Å². The molecule has 9 nitrogen and oxygen atoms in total. The molecule has 2 heterocycles. The molecule has 0 saturated heterocycles. The number of benzene rings is 2. The molecule has 1 N–H and O–H groups in total. The highest BCUT2D eigenvalue weighted by Gasteiger charge is 2.21. The fourth-order valence-electron chi connectivity index (χ4n) is 4.36. The largest absolute Gasteiger partial charge is 0.618 e. The third kappa shape index (κ3) is 6.04. The van der Waals surface area contributed by atoms with E-state index in [2.05, 4.69) is 16.8 Å². The van der Waals surface area contributed by atoms with Gasteiger partial charge in [0.05, 0.1) is 23.6 Å². The van der Waals surface area contributed by atoms with E-state index < -0.39 is 17.7 Å². The van der Waals surface area contributed by atoms with Crippen LogP contribution >= 0.6 is 0 Å². The van der Waals surface area contributed by atoms with Crippen molar-refractivity contribution in [1.82, 2.24) is 14.9 Å². The first-order chi connectivity index (χ1) is 18.1. The molecule has 2 aromatic carbocycles. The topological polar surface area (TPSA) is 109 Å². The minimum atomic E-state index is -0.548. The summed E-state index contributed by atoms with van der Waals surface area (Å²) in [5.74, 6) is 0.410.